The van der Waals surface area contributed by atoms with Gasteiger partial charge in [0.25, 0.3) is 0 Å². The third-order valence-electron chi connectivity index (χ3n) is 4.90. The lowest BCUT2D eigenvalue weighted by Gasteiger charge is -2.10. The smallest absolute Gasteiger partial charge is 0.235 e. The number of carbonyl (C=O) groups is 1. The zero-order valence-corrected chi connectivity index (χ0v) is 18.7. The second kappa shape index (κ2) is 9.60. The van der Waals surface area contributed by atoms with Gasteiger partial charge in [-0.3, -0.25) is 4.79 Å². The number of amides is 1. The maximum Gasteiger partial charge on any atom is 0.235 e. The number of nitrogens with zero attached hydrogens (tertiary/aromatic N) is 7. The number of nitrogens with one attached hydrogen (secondary N) is 1. The fraction of sp³-hybridized carbons (Fsp3) is 0.238. The van der Waals surface area contributed by atoms with Crippen LogP contribution in [-0.2, 0) is 11.3 Å². The number of hydrogen-bond donors (Lipinski definition) is 1. The molecule has 0 spiro atoms. The van der Waals surface area contributed by atoms with Crippen LogP contribution in [0.3, 0.4) is 0 Å². The molecule has 0 saturated carbocycles. The molecule has 10 nitrogen and oxygen atoms in total. The van der Waals surface area contributed by atoms with E-state index in [1.54, 1.807) is 41.0 Å². The van der Waals surface area contributed by atoms with Crippen molar-refractivity contribution in [3.8, 4) is 11.6 Å². The number of ether oxygens (including phenoxy) is 1. The second-order valence-electron chi connectivity index (χ2n) is 7.01. The Morgan fingerprint density at radius 2 is 2.06 bits per heavy atom. The Kier molecular flexibility index (Phi) is 6.45. The Morgan fingerprint density at radius 3 is 2.84 bits per heavy atom. The van der Waals surface area contributed by atoms with Crippen LogP contribution in [0.5, 0.6) is 5.88 Å². The first-order valence-electron chi connectivity index (χ1n) is 9.83. The summed E-state index contributed by atoms with van der Waals surface area (Å²) in [4.78, 5) is 16.8. The van der Waals surface area contributed by atoms with E-state index in [4.69, 9.17) is 4.74 Å². The number of carbonyl (C=O) groups excluding carboxylic acids is 1. The van der Waals surface area contributed by atoms with E-state index in [2.05, 4.69) is 30.9 Å². The number of aryl methyl sites for hydroxylation is 1. The van der Waals surface area contributed by atoms with Gasteiger partial charge in [-0.25, -0.2) is 9.67 Å². The zero-order chi connectivity index (χ0) is 22.5. The van der Waals surface area contributed by atoms with Crippen LogP contribution in [0.2, 0.25) is 0 Å². The summed E-state index contributed by atoms with van der Waals surface area (Å²) in [6.45, 7) is 4.53. The largest absolute Gasteiger partial charge is 0.481 e. The predicted molar refractivity (Wildman–Crippen MR) is 120 cm³/mol. The molecule has 0 aliphatic carbocycles. The Morgan fingerprint density at radius 1 is 1.19 bits per heavy atom. The molecule has 0 saturated heterocycles. The van der Waals surface area contributed by atoms with Crippen LogP contribution in [0.25, 0.3) is 5.69 Å². The first-order chi connectivity index (χ1) is 15.5. The summed E-state index contributed by atoms with van der Waals surface area (Å²) in [6, 6.07) is 11.4. The lowest BCUT2D eigenvalue weighted by Crippen LogP contribution is -2.18. The number of methoxy groups -OCH3 is 1. The monoisotopic (exact) mass is 450 g/mol. The average Bonchev–Trinajstić information content (AvgIpc) is 3.44. The van der Waals surface area contributed by atoms with E-state index in [0.29, 0.717) is 23.4 Å². The number of pyridine rings is 1. The van der Waals surface area contributed by atoms with Gasteiger partial charge in [-0.05, 0) is 47.0 Å². The SMILES string of the molecule is COc1ccc(Cn2nccc2NC(=O)CSc2nnnn2-c2cccc(C)c2C)cn1. The van der Waals surface area contributed by atoms with Crippen molar-refractivity contribution in [2.24, 2.45) is 0 Å². The highest BCUT2D eigenvalue weighted by Gasteiger charge is 2.15. The third kappa shape index (κ3) is 4.78. The van der Waals surface area contributed by atoms with Gasteiger partial charge in [0.2, 0.25) is 16.9 Å². The van der Waals surface area contributed by atoms with E-state index in [-0.39, 0.29) is 11.7 Å². The van der Waals surface area contributed by atoms with Gasteiger partial charge >= 0.3 is 0 Å². The Bertz CT molecular complexity index is 1220. The van der Waals surface area contributed by atoms with Gasteiger partial charge in [-0.15, -0.1) is 5.10 Å². The van der Waals surface area contributed by atoms with Gasteiger partial charge in [-0.2, -0.15) is 9.78 Å². The molecule has 3 aromatic heterocycles. The molecule has 1 aromatic carbocycles. The molecule has 0 unspecified atom stereocenters. The maximum atomic E-state index is 12.6. The lowest BCUT2D eigenvalue weighted by molar-refractivity contribution is -0.113. The molecule has 0 aliphatic rings. The molecule has 1 N–H and O–H groups in total. The van der Waals surface area contributed by atoms with E-state index in [9.17, 15) is 4.79 Å². The number of benzene rings is 1. The Labute approximate surface area is 189 Å². The van der Waals surface area contributed by atoms with Crippen molar-refractivity contribution in [1.82, 2.24) is 35.0 Å². The van der Waals surface area contributed by atoms with Crippen LogP contribution in [0, 0.1) is 13.8 Å². The standard InChI is InChI=1S/C21H22N8O2S/c1-14-5-4-6-17(15(14)2)29-21(25-26-27-29)32-13-19(30)24-18-9-10-23-28(18)12-16-7-8-20(31-3)22-11-16/h4-11H,12-13H2,1-3H3,(H,24,30). The van der Waals surface area contributed by atoms with Crippen molar-refractivity contribution in [2.45, 2.75) is 25.5 Å². The number of tetrazole rings is 1. The quantitative estimate of drug-likeness (QED) is 0.408. The van der Waals surface area contributed by atoms with Crippen molar-refractivity contribution in [3.05, 3.63) is 65.5 Å². The van der Waals surface area contributed by atoms with Crippen LogP contribution in [0.4, 0.5) is 5.82 Å². The summed E-state index contributed by atoms with van der Waals surface area (Å²) < 4.78 is 8.43. The molecule has 4 aromatic rings. The van der Waals surface area contributed by atoms with Gasteiger partial charge < -0.3 is 10.1 Å². The fourth-order valence-electron chi connectivity index (χ4n) is 3.06. The number of hydrogen-bond acceptors (Lipinski definition) is 8. The highest BCUT2D eigenvalue weighted by atomic mass is 32.2. The molecule has 4 rings (SSSR count). The number of aromatic nitrogens is 7. The minimum absolute atomic E-state index is 0.153. The molecule has 32 heavy (non-hydrogen) atoms. The first kappa shape index (κ1) is 21.5. The normalized spacial score (nSPS) is 10.8. The van der Waals surface area contributed by atoms with Crippen molar-refractivity contribution < 1.29 is 9.53 Å². The van der Waals surface area contributed by atoms with Gasteiger partial charge in [-0.1, -0.05) is 30.0 Å². The summed E-state index contributed by atoms with van der Waals surface area (Å²) in [5.74, 6) is 1.11. The first-order valence-corrected chi connectivity index (χ1v) is 10.8. The molecule has 3 heterocycles. The zero-order valence-electron chi connectivity index (χ0n) is 17.9. The number of thioether (sulfide) groups is 1. The van der Waals surface area contributed by atoms with Crippen molar-refractivity contribution in [1.29, 1.82) is 0 Å². The average molecular weight is 451 g/mol. The van der Waals surface area contributed by atoms with Gasteiger partial charge in [0.05, 0.1) is 31.3 Å². The predicted octanol–water partition coefficient (Wildman–Crippen LogP) is 2.66. The maximum absolute atomic E-state index is 12.6. The van der Waals surface area contributed by atoms with Crippen molar-refractivity contribution in [2.75, 3.05) is 18.2 Å². The van der Waals surface area contributed by atoms with E-state index < -0.39 is 0 Å². The Balaban J connectivity index is 1.39. The molecule has 0 fully saturated rings. The van der Waals surface area contributed by atoms with Crippen molar-refractivity contribution >= 4 is 23.5 Å². The summed E-state index contributed by atoms with van der Waals surface area (Å²) in [6.07, 6.45) is 3.36. The minimum atomic E-state index is -0.180. The highest BCUT2D eigenvalue weighted by molar-refractivity contribution is 7.99. The molecule has 11 heteroatoms. The molecule has 0 atom stereocenters. The highest BCUT2D eigenvalue weighted by Crippen LogP contribution is 2.22. The minimum Gasteiger partial charge on any atom is -0.481 e. The molecule has 0 bridgehead atoms. The molecule has 0 aliphatic heterocycles. The van der Waals surface area contributed by atoms with E-state index in [1.165, 1.54) is 11.8 Å². The van der Waals surface area contributed by atoms with E-state index in [1.807, 2.05) is 38.1 Å². The molecule has 1 amide bonds. The summed E-state index contributed by atoms with van der Waals surface area (Å²) in [5, 5.41) is 19.7. The van der Waals surface area contributed by atoms with Gasteiger partial charge in [0.1, 0.15) is 5.82 Å². The summed E-state index contributed by atoms with van der Waals surface area (Å²) >= 11 is 1.27. The van der Waals surface area contributed by atoms with E-state index >= 15 is 0 Å². The van der Waals surface area contributed by atoms with Crippen LogP contribution in [0.15, 0.2) is 53.9 Å². The van der Waals surface area contributed by atoms with E-state index in [0.717, 1.165) is 22.4 Å². The van der Waals surface area contributed by atoms with Crippen LogP contribution < -0.4 is 10.1 Å². The number of anilines is 1. The van der Waals surface area contributed by atoms with Gasteiger partial charge in [0, 0.05) is 18.3 Å². The molecular weight excluding hydrogens is 428 g/mol. The third-order valence-corrected chi connectivity index (χ3v) is 5.82. The molecule has 164 valence electrons. The number of rotatable bonds is 8. The van der Waals surface area contributed by atoms with Gasteiger partial charge in [0.15, 0.2) is 0 Å². The Hall–Kier alpha value is -3.73. The lowest BCUT2D eigenvalue weighted by atomic mass is 10.1. The van der Waals surface area contributed by atoms with Crippen LogP contribution >= 0.6 is 11.8 Å². The second-order valence-corrected chi connectivity index (χ2v) is 7.95. The summed E-state index contributed by atoms with van der Waals surface area (Å²) in [5.41, 5.74) is 4.06. The molecule has 0 radical (unpaired) electrons. The van der Waals surface area contributed by atoms with Crippen LogP contribution in [-0.4, -0.2) is 53.7 Å². The fourth-order valence-corrected chi connectivity index (χ4v) is 3.74. The molecular formula is C21H22N8O2S. The topological polar surface area (TPSA) is 113 Å². The van der Waals surface area contributed by atoms with Crippen molar-refractivity contribution in [3.63, 3.8) is 0 Å². The summed E-state index contributed by atoms with van der Waals surface area (Å²) in [7, 11) is 1.57. The van der Waals surface area contributed by atoms with Crippen LogP contribution in [0.1, 0.15) is 16.7 Å².